The first kappa shape index (κ1) is 13.4. The smallest absolute Gasteiger partial charge is 0.356 e. The second kappa shape index (κ2) is 4.55. The molecule has 1 aromatic rings. The van der Waals surface area contributed by atoms with E-state index < -0.39 is 27.1 Å². The third-order valence-electron chi connectivity index (χ3n) is 2.69. The van der Waals surface area contributed by atoms with Crippen molar-refractivity contribution in [2.24, 2.45) is 5.14 Å². The lowest BCUT2D eigenvalue weighted by Gasteiger charge is -2.14. The lowest BCUT2D eigenvalue weighted by atomic mass is 10.4. The Morgan fingerprint density at radius 1 is 1.42 bits per heavy atom. The molecule has 3 N–H and O–H groups in total. The van der Waals surface area contributed by atoms with Gasteiger partial charge in [0.2, 0.25) is 15.9 Å². The molecule has 2 rings (SSSR count). The molecule has 9 nitrogen and oxygen atoms in total. The van der Waals surface area contributed by atoms with Gasteiger partial charge in [-0.1, -0.05) is 0 Å². The van der Waals surface area contributed by atoms with Gasteiger partial charge in [-0.25, -0.2) is 28.3 Å². The summed E-state index contributed by atoms with van der Waals surface area (Å²) in [6, 6.07) is 0. The molecule has 1 saturated heterocycles. The number of primary sulfonamides is 1. The van der Waals surface area contributed by atoms with E-state index in [1.807, 2.05) is 0 Å². The second-order valence-electron chi connectivity index (χ2n) is 3.98. The van der Waals surface area contributed by atoms with Crippen LogP contribution < -0.4 is 10.0 Å². The van der Waals surface area contributed by atoms with Gasteiger partial charge in [0.05, 0.1) is 12.4 Å². The highest BCUT2D eigenvalue weighted by atomic mass is 32.2. The van der Waals surface area contributed by atoms with Gasteiger partial charge in [0, 0.05) is 13.0 Å². The number of carboxylic acids is 1. The van der Waals surface area contributed by atoms with Crippen molar-refractivity contribution in [3.63, 3.8) is 0 Å². The number of hydrogen-bond acceptors (Lipinski definition) is 6. The van der Waals surface area contributed by atoms with Crippen molar-refractivity contribution in [2.45, 2.75) is 11.7 Å². The van der Waals surface area contributed by atoms with Crippen LogP contribution in [0.15, 0.2) is 12.4 Å². The Morgan fingerprint density at radius 2 is 2.11 bits per heavy atom. The summed E-state index contributed by atoms with van der Waals surface area (Å²) in [5.41, 5.74) is -0.265. The van der Waals surface area contributed by atoms with Crippen LogP contribution in [0.1, 0.15) is 16.9 Å². The average molecular weight is 286 g/mol. The van der Waals surface area contributed by atoms with Crippen molar-refractivity contribution in [1.82, 2.24) is 9.97 Å². The third kappa shape index (κ3) is 2.69. The summed E-state index contributed by atoms with van der Waals surface area (Å²) in [6.07, 6.45) is 1.88. The summed E-state index contributed by atoms with van der Waals surface area (Å²) < 4.78 is 22.4. The fourth-order valence-electron chi connectivity index (χ4n) is 1.69. The molecule has 1 aliphatic heterocycles. The predicted molar refractivity (Wildman–Crippen MR) is 62.9 cm³/mol. The molecule has 1 unspecified atom stereocenters. The van der Waals surface area contributed by atoms with Crippen molar-refractivity contribution in [3.05, 3.63) is 18.1 Å². The number of aromatic nitrogens is 2. The SMILES string of the molecule is NS(=O)(=O)C1CC(=O)N(c2cnc(C(=O)O)cn2)C1. The van der Waals surface area contributed by atoms with Gasteiger partial charge >= 0.3 is 5.97 Å². The van der Waals surface area contributed by atoms with Gasteiger partial charge in [0.1, 0.15) is 5.25 Å². The van der Waals surface area contributed by atoms with Gasteiger partial charge in [-0.15, -0.1) is 0 Å². The van der Waals surface area contributed by atoms with E-state index in [-0.39, 0.29) is 24.5 Å². The predicted octanol–water partition coefficient (Wildman–Crippen LogP) is -1.43. The minimum absolute atomic E-state index is 0.0983. The topological polar surface area (TPSA) is 144 Å². The van der Waals surface area contributed by atoms with E-state index in [2.05, 4.69) is 9.97 Å². The quantitative estimate of drug-likeness (QED) is 0.693. The molecule has 0 aromatic carbocycles. The number of carbonyl (C=O) groups excluding carboxylic acids is 1. The molecule has 1 aromatic heterocycles. The zero-order chi connectivity index (χ0) is 14.2. The molecule has 19 heavy (non-hydrogen) atoms. The molecule has 102 valence electrons. The van der Waals surface area contributed by atoms with Crippen LogP contribution in [-0.2, 0) is 14.8 Å². The maximum absolute atomic E-state index is 11.7. The highest BCUT2D eigenvalue weighted by Crippen LogP contribution is 2.21. The fraction of sp³-hybridized carbons (Fsp3) is 0.333. The van der Waals surface area contributed by atoms with Gasteiger partial charge in [-0.3, -0.25) is 9.69 Å². The fourth-order valence-corrected chi connectivity index (χ4v) is 2.42. The Morgan fingerprint density at radius 3 is 2.53 bits per heavy atom. The van der Waals surface area contributed by atoms with Gasteiger partial charge in [-0.2, -0.15) is 0 Å². The molecular weight excluding hydrogens is 276 g/mol. The number of aromatic carboxylic acids is 1. The van der Waals surface area contributed by atoms with E-state index in [1.54, 1.807) is 0 Å². The van der Waals surface area contributed by atoms with Crippen LogP contribution in [0.5, 0.6) is 0 Å². The molecule has 10 heteroatoms. The lowest BCUT2D eigenvalue weighted by molar-refractivity contribution is -0.117. The Labute approximate surface area is 108 Å². The van der Waals surface area contributed by atoms with Crippen LogP contribution in [0.2, 0.25) is 0 Å². The second-order valence-corrected chi connectivity index (χ2v) is 5.83. The first-order valence-corrected chi connectivity index (χ1v) is 6.77. The summed E-state index contributed by atoms with van der Waals surface area (Å²) in [5.74, 6) is -1.59. The number of sulfonamides is 1. The third-order valence-corrected chi connectivity index (χ3v) is 3.93. The number of amides is 1. The summed E-state index contributed by atoms with van der Waals surface area (Å²) in [5, 5.41) is 12.7. The van der Waals surface area contributed by atoms with Crippen molar-refractivity contribution < 1.29 is 23.1 Å². The first-order valence-electron chi connectivity index (χ1n) is 5.16. The molecule has 0 bridgehead atoms. The molecule has 1 atom stereocenters. The lowest BCUT2D eigenvalue weighted by Crippen LogP contribution is -2.32. The maximum Gasteiger partial charge on any atom is 0.356 e. The monoisotopic (exact) mass is 286 g/mol. The Kier molecular flexibility index (Phi) is 3.20. The maximum atomic E-state index is 11.7. The van der Waals surface area contributed by atoms with Crippen molar-refractivity contribution in [1.29, 1.82) is 0 Å². The molecular formula is C9H10N4O5S. The molecule has 0 aliphatic carbocycles. The molecule has 0 saturated carbocycles. The van der Waals surface area contributed by atoms with Crippen LogP contribution in [0.3, 0.4) is 0 Å². The van der Waals surface area contributed by atoms with Gasteiger partial charge in [0.15, 0.2) is 11.5 Å². The zero-order valence-electron chi connectivity index (χ0n) is 9.55. The largest absolute Gasteiger partial charge is 0.476 e. The summed E-state index contributed by atoms with van der Waals surface area (Å²) in [6.45, 7) is -0.112. The standard InChI is InChI=1S/C9H10N4O5S/c10-19(17,18)5-1-8(14)13(4-5)7-3-11-6(2-12-7)9(15)16/h2-3,5H,1,4H2,(H,15,16)(H2,10,17,18). The van der Waals surface area contributed by atoms with Crippen LogP contribution in [0.25, 0.3) is 0 Å². The normalized spacial score (nSPS) is 19.7. The van der Waals surface area contributed by atoms with Gasteiger partial charge in [0.25, 0.3) is 0 Å². The molecule has 0 radical (unpaired) electrons. The number of rotatable bonds is 3. The van der Waals surface area contributed by atoms with Crippen LogP contribution >= 0.6 is 0 Å². The Hall–Kier alpha value is -2.07. The zero-order valence-corrected chi connectivity index (χ0v) is 10.4. The van der Waals surface area contributed by atoms with E-state index in [9.17, 15) is 18.0 Å². The van der Waals surface area contributed by atoms with E-state index in [1.165, 1.54) is 0 Å². The summed E-state index contributed by atoms with van der Waals surface area (Å²) in [4.78, 5) is 30.8. The number of nitrogens with two attached hydrogens (primary N) is 1. The average Bonchev–Trinajstić information content (AvgIpc) is 2.71. The van der Waals surface area contributed by atoms with E-state index >= 15 is 0 Å². The number of hydrogen-bond donors (Lipinski definition) is 2. The van der Waals surface area contributed by atoms with E-state index in [0.717, 1.165) is 17.3 Å². The summed E-state index contributed by atoms with van der Waals surface area (Å²) in [7, 11) is -3.80. The Bertz CT molecular complexity index is 627. The highest BCUT2D eigenvalue weighted by molar-refractivity contribution is 7.89. The number of nitrogens with zero attached hydrogens (tertiary/aromatic N) is 3. The highest BCUT2D eigenvalue weighted by Gasteiger charge is 2.37. The van der Waals surface area contributed by atoms with Crippen molar-refractivity contribution in [3.8, 4) is 0 Å². The van der Waals surface area contributed by atoms with Crippen LogP contribution in [-0.4, -0.2) is 47.2 Å². The summed E-state index contributed by atoms with van der Waals surface area (Å²) >= 11 is 0. The van der Waals surface area contributed by atoms with Gasteiger partial charge < -0.3 is 5.11 Å². The molecule has 2 heterocycles. The Balaban J connectivity index is 2.23. The van der Waals surface area contributed by atoms with Crippen molar-refractivity contribution in [2.75, 3.05) is 11.4 Å². The number of carbonyl (C=O) groups is 2. The van der Waals surface area contributed by atoms with Gasteiger partial charge in [-0.05, 0) is 0 Å². The van der Waals surface area contributed by atoms with Crippen LogP contribution in [0, 0.1) is 0 Å². The van der Waals surface area contributed by atoms with Crippen molar-refractivity contribution >= 4 is 27.7 Å². The molecule has 1 amide bonds. The van der Waals surface area contributed by atoms with Crippen LogP contribution in [0.4, 0.5) is 5.82 Å². The first-order chi connectivity index (χ1) is 8.79. The minimum atomic E-state index is -3.80. The number of anilines is 1. The minimum Gasteiger partial charge on any atom is -0.476 e. The number of carboxylic acid groups (broad SMARTS) is 1. The van der Waals surface area contributed by atoms with E-state index in [0.29, 0.717) is 0 Å². The molecule has 1 aliphatic rings. The molecule has 1 fully saturated rings. The molecule has 0 spiro atoms. The van der Waals surface area contributed by atoms with E-state index in [4.69, 9.17) is 10.2 Å².